The average Bonchev–Trinajstić information content (AvgIpc) is 2.16. The summed E-state index contributed by atoms with van der Waals surface area (Å²) in [7, 11) is 3.35. The Kier molecular flexibility index (Phi) is 4.53. The summed E-state index contributed by atoms with van der Waals surface area (Å²) in [6.07, 6.45) is -0.0805. The average molecular weight is 174 g/mol. The van der Waals surface area contributed by atoms with Crippen molar-refractivity contribution in [2.45, 2.75) is 6.29 Å². The Morgan fingerprint density at radius 2 is 1.83 bits per heavy atom. The molecule has 4 nitrogen and oxygen atoms in total. The van der Waals surface area contributed by atoms with Crippen LogP contribution in [0.3, 0.4) is 0 Å². The summed E-state index contributed by atoms with van der Waals surface area (Å²) >= 11 is 0. The fourth-order valence-electron chi connectivity index (χ4n) is 1.35. The molecule has 0 aromatic carbocycles. The van der Waals surface area contributed by atoms with E-state index in [-0.39, 0.29) is 6.29 Å². The first-order valence-electron chi connectivity index (χ1n) is 4.35. The highest BCUT2D eigenvalue weighted by atomic mass is 16.7. The normalized spacial score (nSPS) is 20.2. The Morgan fingerprint density at radius 1 is 1.25 bits per heavy atom. The summed E-state index contributed by atoms with van der Waals surface area (Å²) in [5, 5.41) is 3.30. The smallest absolute Gasteiger partial charge is 0.169 e. The van der Waals surface area contributed by atoms with E-state index in [2.05, 4.69) is 10.2 Å². The second-order valence-electron chi connectivity index (χ2n) is 2.95. The van der Waals surface area contributed by atoms with Crippen LogP contribution in [0, 0.1) is 0 Å². The Bertz CT molecular complexity index is 112. The van der Waals surface area contributed by atoms with Crippen molar-refractivity contribution in [3.8, 4) is 0 Å². The molecule has 0 radical (unpaired) electrons. The summed E-state index contributed by atoms with van der Waals surface area (Å²) in [5.74, 6) is 0. The van der Waals surface area contributed by atoms with E-state index in [1.165, 1.54) is 0 Å². The molecular formula is C8H18N2O2. The first kappa shape index (κ1) is 9.92. The van der Waals surface area contributed by atoms with Gasteiger partial charge in [-0.2, -0.15) is 0 Å². The Balaban J connectivity index is 2.18. The highest BCUT2D eigenvalue weighted by Gasteiger charge is 2.14. The lowest BCUT2D eigenvalue weighted by atomic mass is 10.3. The molecule has 1 saturated heterocycles. The molecule has 4 heteroatoms. The Morgan fingerprint density at radius 3 is 2.33 bits per heavy atom. The van der Waals surface area contributed by atoms with E-state index >= 15 is 0 Å². The SMILES string of the molecule is COC(CN1CCNCC1)OC. The predicted octanol–water partition coefficient (Wildman–Crippen LogP) is -0.489. The van der Waals surface area contributed by atoms with Crippen molar-refractivity contribution in [2.75, 3.05) is 46.9 Å². The Labute approximate surface area is 73.8 Å². The largest absolute Gasteiger partial charge is 0.355 e. The first-order chi connectivity index (χ1) is 5.86. The molecule has 0 spiro atoms. The molecule has 0 aromatic rings. The van der Waals surface area contributed by atoms with Crippen LogP contribution in [0.15, 0.2) is 0 Å². The van der Waals surface area contributed by atoms with Gasteiger partial charge in [-0.05, 0) is 0 Å². The lowest BCUT2D eigenvalue weighted by molar-refractivity contribution is -0.117. The van der Waals surface area contributed by atoms with Gasteiger partial charge in [0.05, 0.1) is 0 Å². The van der Waals surface area contributed by atoms with Crippen molar-refractivity contribution in [2.24, 2.45) is 0 Å². The summed E-state index contributed by atoms with van der Waals surface area (Å²) in [6.45, 7) is 5.18. The topological polar surface area (TPSA) is 33.7 Å². The number of rotatable bonds is 4. The van der Waals surface area contributed by atoms with Crippen molar-refractivity contribution in [1.82, 2.24) is 10.2 Å². The van der Waals surface area contributed by atoms with Crippen LogP contribution in [0.2, 0.25) is 0 Å². The van der Waals surface area contributed by atoms with Gasteiger partial charge in [0.1, 0.15) is 0 Å². The van der Waals surface area contributed by atoms with Gasteiger partial charge in [0, 0.05) is 46.9 Å². The molecule has 1 rings (SSSR count). The second-order valence-corrected chi connectivity index (χ2v) is 2.95. The van der Waals surface area contributed by atoms with Crippen LogP contribution in [0.25, 0.3) is 0 Å². The van der Waals surface area contributed by atoms with Gasteiger partial charge in [-0.15, -0.1) is 0 Å². The maximum absolute atomic E-state index is 5.12. The van der Waals surface area contributed by atoms with Crippen LogP contribution in [0.4, 0.5) is 0 Å². The number of methoxy groups -OCH3 is 2. The molecule has 0 amide bonds. The van der Waals surface area contributed by atoms with E-state index < -0.39 is 0 Å². The number of piperazine rings is 1. The summed E-state index contributed by atoms with van der Waals surface area (Å²) in [5.41, 5.74) is 0. The zero-order valence-electron chi connectivity index (χ0n) is 7.88. The van der Waals surface area contributed by atoms with E-state index in [0.29, 0.717) is 0 Å². The van der Waals surface area contributed by atoms with Crippen LogP contribution in [0.1, 0.15) is 0 Å². The van der Waals surface area contributed by atoms with Gasteiger partial charge in [-0.1, -0.05) is 0 Å². The van der Waals surface area contributed by atoms with Crippen molar-refractivity contribution in [3.05, 3.63) is 0 Å². The molecule has 0 saturated carbocycles. The van der Waals surface area contributed by atoms with E-state index in [4.69, 9.17) is 9.47 Å². The maximum atomic E-state index is 5.12. The van der Waals surface area contributed by atoms with Crippen molar-refractivity contribution >= 4 is 0 Å². The van der Waals surface area contributed by atoms with Crippen LogP contribution in [-0.2, 0) is 9.47 Å². The molecule has 0 atom stereocenters. The molecule has 1 N–H and O–H groups in total. The second kappa shape index (κ2) is 5.48. The van der Waals surface area contributed by atoms with Crippen molar-refractivity contribution in [1.29, 1.82) is 0 Å². The van der Waals surface area contributed by atoms with Crippen LogP contribution >= 0.6 is 0 Å². The van der Waals surface area contributed by atoms with Gasteiger partial charge in [0.25, 0.3) is 0 Å². The summed E-state index contributed by atoms with van der Waals surface area (Å²) in [4.78, 5) is 2.34. The third kappa shape index (κ3) is 3.06. The van der Waals surface area contributed by atoms with E-state index in [9.17, 15) is 0 Å². The van der Waals surface area contributed by atoms with Crippen molar-refractivity contribution in [3.63, 3.8) is 0 Å². The number of nitrogens with one attached hydrogen (secondary N) is 1. The lowest BCUT2D eigenvalue weighted by Crippen LogP contribution is -2.46. The molecule has 0 aromatic heterocycles. The van der Waals surface area contributed by atoms with Gasteiger partial charge in [-0.3, -0.25) is 4.90 Å². The van der Waals surface area contributed by atoms with Gasteiger partial charge in [0.2, 0.25) is 0 Å². The van der Waals surface area contributed by atoms with Crippen LogP contribution in [-0.4, -0.2) is 58.1 Å². The zero-order chi connectivity index (χ0) is 8.81. The van der Waals surface area contributed by atoms with Gasteiger partial charge >= 0.3 is 0 Å². The monoisotopic (exact) mass is 174 g/mol. The van der Waals surface area contributed by atoms with E-state index in [0.717, 1.165) is 32.7 Å². The quantitative estimate of drug-likeness (QED) is 0.583. The third-order valence-electron chi connectivity index (χ3n) is 2.14. The lowest BCUT2D eigenvalue weighted by Gasteiger charge is -2.29. The van der Waals surface area contributed by atoms with E-state index in [1.807, 2.05) is 0 Å². The van der Waals surface area contributed by atoms with E-state index in [1.54, 1.807) is 14.2 Å². The molecule has 0 aliphatic carbocycles. The van der Waals surface area contributed by atoms with Crippen LogP contribution < -0.4 is 5.32 Å². The number of ether oxygens (including phenoxy) is 2. The third-order valence-corrected chi connectivity index (χ3v) is 2.14. The molecular weight excluding hydrogens is 156 g/mol. The predicted molar refractivity (Wildman–Crippen MR) is 47.1 cm³/mol. The number of hydrogen-bond acceptors (Lipinski definition) is 4. The number of hydrogen-bond donors (Lipinski definition) is 1. The highest BCUT2D eigenvalue weighted by molar-refractivity contribution is 4.68. The minimum absolute atomic E-state index is 0.0805. The van der Waals surface area contributed by atoms with Gasteiger partial charge in [-0.25, -0.2) is 0 Å². The molecule has 72 valence electrons. The molecule has 1 heterocycles. The first-order valence-corrected chi connectivity index (χ1v) is 4.35. The Hall–Kier alpha value is -0.160. The zero-order valence-corrected chi connectivity index (χ0v) is 7.88. The highest BCUT2D eigenvalue weighted by Crippen LogP contribution is 1.98. The standard InChI is InChI=1S/C8H18N2O2/c1-11-8(12-2)7-10-5-3-9-4-6-10/h8-9H,3-7H2,1-2H3. The number of nitrogens with zero attached hydrogens (tertiary/aromatic N) is 1. The molecule has 0 unspecified atom stereocenters. The molecule has 0 bridgehead atoms. The summed E-state index contributed by atoms with van der Waals surface area (Å²) in [6, 6.07) is 0. The minimum atomic E-state index is -0.0805. The van der Waals surface area contributed by atoms with Gasteiger partial charge in [0.15, 0.2) is 6.29 Å². The maximum Gasteiger partial charge on any atom is 0.169 e. The molecule has 12 heavy (non-hydrogen) atoms. The fourth-order valence-corrected chi connectivity index (χ4v) is 1.35. The minimum Gasteiger partial charge on any atom is -0.355 e. The summed E-state index contributed by atoms with van der Waals surface area (Å²) < 4.78 is 10.2. The molecule has 1 aliphatic heterocycles. The molecule has 1 fully saturated rings. The van der Waals surface area contributed by atoms with Crippen LogP contribution in [0.5, 0.6) is 0 Å². The fraction of sp³-hybridized carbons (Fsp3) is 1.00. The van der Waals surface area contributed by atoms with Gasteiger partial charge < -0.3 is 14.8 Å². The van der Waals surface area contributed by atoms with Crippen molar-refractivity contribution < 1.29 is 9.47 Å². The molecule has 1 aliphatic rings.